The molecule has 27 heavy (non-hydrogen) atoms. The number of hydrogen-bond acceptors (Lipinski definition) is 5. The fraction of sp³-hybridized carbons (Fsp3) is 0.600. The molecule has 1 aromatic rings. The molecule has 1 saturated carbocycles. The number of phenolic OH excluding ortho intramolecular Hbond substituents is 1. The fourth-order valence-electron chi connectivity index (χ4n) is 4.69. The quantitative estimate of drug-likeness (QED) is 0.794. The second-order valence-corrected chi connectivity index (χ2v) is 8.02. The molecule has 0 radical (unpaired) electrons. The maximum absolute atomic E-state index is 13.1. The Morgan fingerprint density at radius 1 is 1.15 bits per heavy atom. The molecule has 2 atom stereocenters. The number of carbonyl (C=O) groups excluding carboxylic acids is 2. The Morgan fingerprint density at radius 2 is 1.89 bits per heavy atom. The van der Waals surface area contributed by atoms with E-state index >= 15 is 0 Å². The van der Waals surface area contributed by atoms with E-state index in [9.17, 15) is 14.7 Å². The number of urea groups is 1. The van der Waals surface area contributed by atoms with Gasteiger partial charge in [-0.15, -0.1) is 0 Å². The molecule has 2 saturated heterocycles. The van der Waals surface area contributed by atoms with E-state index in [2.05, 4.69) is 22.0 Å². The first-order valence-electron chi connectivity index (χ1n) is 9.91. The van der Waals surface area contributed by atoms with Crippen molar-refractivity contribution in [2.75, 3.05) is 37.7 Å². The highest BCUT2D eigenvalue weighted by molar-refractivity contribution is 6.07. The fourth-order valence-corrected chi connectivity index (χ4v) is 4.69. The van der Waals surface area contributed by atoms with Crippen LogP contribution in [-0.4, -0.2) is 65.2 Å². The van der Waals surface area contributed by atoms with Crippen LogP contribution in [-0.2, 0) is 4.79 Å². The van der Waals surface area contributed by atoms with Crippen LogP contribution in [0.25, 0.3) is 0 Å². The largest absolute Gasteiger partial charge is 0.506 e. The second-order valence-electron chi connectivity index (χ2n) is 8.02. The third-order valence-corrected chi connectivity index (χ3v) is 6.44. The number of anilines is 1. The van der Waals surface area contributed by atoms with Crippen LogP contribution >= 0.6 is 0 Å². The number of benzene rings is 1. The molecular formula is C20H28N4O3. The standard InChI is InChI=1S/C20H28N4O3/c1-15-6-4-5-9-20(15)18(26)24(19(27)21-20)14-22-10-12-23(13-11-22)16-7-2-3-8-17(16)25/h2-3,7-8,15,25H,4-6,9-14H2,1H3,(H,21,27)/t15-,20+/m0/s1. The van der Waals surface area contributed by atoms with E-state index in [1.807, 2.05) is 18.2 Å². The summed E-state index contributed by atoms with van der Waals surface area (Å²) in [4.78, 5) is 31.3. The van der Waals surface area contributed by atoms with Crippen LogP contribution in [0.3, 0.4) is 0 Å². The average molecular weight is 372 g/mol. The van der Waals surface area contributed by atoms with Crippen LogP contribution in [0.1, 0.15) is 32.6 Å². The molecule has 1 aromatic carbocycles. The van der Waals surface area contributed by atoms with Crippen molar-refractivity contribution in [3.63, 3.8) is 0 Å². The molecule has 3 aliphatic rings. The summed E-state index contributed by atoms with van der Waals surface area (Å²) in [5.41, 5.74) is 0.148. The molecule has 7 heteroatoms. The minimum absolute atomic E-state index is 0.0529. The van der Waals surface area contributed by atoms with Gasteiger partial charge in [-0.2, -0.15) is 0 Å². The molecule has 0 aromatic heterocycles. The summed E-state index contributed by atoms with van der Waals surface area (Å²) < 4.78 is 0. The monoisotopic (exact) mass is 372 g/mol. The summed E-state index contributed by atoms with van der Waals surface area (Å²) >= 11 is 0. The first kappa shape index (κ1) is 18.1. The minimum atomic E-state index is -0.688. The average Bonchev–Trinajstić information content (AvgIpc) is 2.90. The molecule has 3 amide bonds. The Balaban J connectivity index is 1.38. The van der Waals surface area contributed by atoms with Gasteiger partial charge in [0.25, 0.3) is 5.91 Å². The number of phenols is 1. The maximum atomic E-state index is 13.1. The lowest BCUT2D eigenvalue weighted by molar-refractivity contribution is -0.135. The van der Waals surface area contributed by atoms with E-state index in [1.165, 1.54) is 4.90 Å². The van der Waals surface area contributed by atoms with Gasteiger partial charge in [0.15, 0.2) is 0 Å². The summed E-state index contributed by atoms with van der Waals surface area (Å²) in [7, 11) is 0. The Bertz CT molecular complexity index is 732. The molecule has 2 aliphatic heterocycles. The summed E-state index contributed by atoms with van der Waals surface area (Å²) in [6.07, 6.45) is 3.85. The molecule has 1 spiro atoms. The maximum Gasteiger partial charge on any atom is 0.326 e. The number of amides is 3. The van der Waals surface area contributed by atoms with Gasteiger partial charge in [-0.1, -0.05) is 31.9 Å². The van der Waals surface area contributed by atoms with Gasteiger partial charge in [-0.05, 0) is 30.9 Å². The molecule has 0 bridgehead atoms. The van der Waals surface area contributed by atoms with E-state index in [0.717, 1.165) is 57.5 Å². The van der Waals surface area contributed by atoms with Crippen molar-refractivity contribution in [1.29, 1.82) is 0 Å². The van der Waals surface area contributed by atoms with Crippen molar-refractivity contribution in [3.8, 4) is 5.75 Å². The summed E-state index contributed by atoms with van der Waals surface area (Å²) in [5.74, 6) is 0.418. The van der Waals surface area contributed by atoms with E-state index in [1.54, 1.807) is 6.07 Å². The SMILES string of the molecule is C[C@H]1CCCC[C@@]12NC(=O)N(CN1CCN(c3ccccc3O)CC1)C2=O. The Kier molecular flexibility index (Phi) is 4.72. The van der Waals surface area contributed by atoms with Crippen molar-refractivity contribution < 1.29 is 14.7 Å². The van der Waals surface area contributed by atoms with Crippen molar-refractivity contribution in [1.82, 2.24) is 15.1 Å². The molecule has 146 valence electrons. The first-order chi connectivity index (χ1) is 13.0. The number of nitrogens with zero attached hydrogens (tertiary/aromatic N) is 3. The van der Waals surface area contributed by atoms with Gasteiger partial charge in [0.2, 0.25) is 0 Å². The van der Waals surface area contributed by atoms with E-state index in [0.29, 0.717) is 6.67 Å². The van der Waals surface area contributed by atoms with Crippen LogP contribution in [0.5, 0.6) is 5.75 Å². The van der Waals surface area contributed by atoms with E-state index in [-0.39, 0.29) is 23.6 Å². The minimum Gasteiger partial charge on any atom is -0.506 e. The Morgan fingerprint density at radius 3 is 2.59 bits per heavy atom. The lowest BCUT2D eigenvalue weighted by Crippen LogP contribution is -2.55. The molecular weight excluding hydrogens is 344 g/mol. The summed E-state index contributed by atoms with van der Waals surface area (Å²) in [5, 5.41) is 13.1. The topological polar surface area (TPSA) is 76.1 Å². The van der Waals surface area contributed by atoms with Crippen LogP contribution in [0.2, 0.25) is 0 Å². The highest BCUT2D eigenvalue weighted by Crippen LogP contribution is 2.38. The lowest BCUT2D eigenvalue weighted by atomic mass is 9.73. The number of aromatic hydroxyl groups is 1. The number of rotatable bonds is 3. The van der Waals surface area contributed by atoms with Crippen LogP contribution in [0, 0.1) is 5.92 Å². The van der Waals surface area contributed by atoms with Gasteiger partial charge in [0, 0.05) is 26.2 Å². The number of imide groups is 1. The first-order valence-corrected chi connectivity index (χ1v) is 9.91. The van der Waals surface area contributed by atoms with Gasteiger partial charge >= 0.3 is 6.03 Å². The third kappa shape index (κ3) is 3.14. The van der Waals surface area contributed by atoms with Crippen molar-refractivity contribution in [2.24, 2.45) is 5.92 Å². The number of para-hydroxylation sites is 2. The van der Waals surface area contributed by atoms with Crippen LogP contribution < -0.4 is 10.2 Å². The zero-order valence-corrected chi connectivity index (χ0v) is 15.9. The van der Waals surface area contributed by atoms with E-state index < -0.39 is 5.54 Å². The predicted molar refractivity (Wildman–Crippen MR) is 103 cm³/mol. The normalized spacial score (nSPS) is 29.4. The van der Waals surface area contributed by atoms with Crippen molar-refractivity contribution >= 4 is 17.6 Å². The highest BCUT2D eigenvalue weighted by atomic mass is 16.3. The summed E-state index contributed by atoms with van der Waals surface area (Å²) in [6, 6.07) is 7.09. The molecule has 2 heterocycles. The zero-order valence-electron chi connectivity index (χ0n) is 15.9. The smallest absolute Gasteiger partial charge is 0.326 e. The molecule has 0 unspecified atom stereocenters. The molecule has 2 N–H and O–H groups in total. The van der Waals surface area contributed by atoms with Gasteiger partial charge in [0.1, 0.15) is 11.3 Å². The number of piperazine rings is 1. The Labute approximate surface area is 159 Å². The van der Waals surface area contributed by atoms with Gasteiger partial charge in [0.05, 0.1) is 12.4 Å². The number of nitrogens with one attached hydrogen (secondary N) is 1. The van der Waals surface area contributed by atoms with Crippen LogP contribution in [0.15, 0.2) is 24.3 Å². The zero-order chi connectivity index (χ0) is 19.0. The van der Waals surface area contributed by atoms with Crippen molar-refractivity contribution in [2.45, 2.75) is 38.1 Å². The number of carbonyl (C=O) groups is 2. The van der Waals surface area contributed by atoms with Gasteiger partial charge in [-0.3, -0.25) is 9.69 Å². The summed E-state index contributed by atoms with van der Waals surface area (Å²) in [6.45, 7) is 5.41. The van der Waals surface area contributed by atoms with Gasteiger partial charge < -0.3 is 15.3 Å². The highest BCUT2D eigenvalue weighted by Gasteiger charge is 2.55. The molecule has 3 fully saturated rings. The third-order valence-electron chi connectivity index (χ3n) is 6.44. The second kappa shape index (κ2) is 7.03. The molecule has 1 aliphatic carbocycles. The van der Waals surface area contributed by atoms with Crippen LogP contribution in [0.4, 0.5) is 10.5 Å². The molecule has 4 rings (SSSR count). The predicted octanol–water partition coefficient (Wildman–Crippen LogP) is 1.97. The van der Waals surface area contributed by atoms with E-state index in [4.69, 9.17) is 0 Å². The van der Waals surface area contributed by atoms with Crippen molar-refractivity contribution in [3.05, 3.63) is 24.3 Å². The van der Waals surface area contributed by atoms with Gasteiger partial charge in [-0.25, -0.2) is 9.69 Å². The Hall–Kier alpha value is -2.28. The molecule has 7 nitrogen and oxygen atoms in total. The number of hydrogen-bond donors (Lipinski definition) is 2. The lowest BCUT2D eigenvalue weighted by Gasteiger charge is -2.38.